The molecule has 0 radical (unpaired) electrons. The molecule has 0 aliphatic rings. The van der Waals surface area contributed by atoms with Crippen LogP contribution in [0.5, 0.6) is 0 Å². The van der Waals surface area contributed by atoms with Crippen LogP contribution in [0.3, 0.4) is 0 Å². The van der Waals surface area contributed by atoms with Crippen molar-refractivity contribution >= 4 is 26.2 Å². The van der Waals surface area contributed by atoms with Gasteiger partial charge in [-0.05, 0) is 67.8 Å². The second kappa shape index (κ2) is 7.46. The number of rotatable bonds is 5. The third-order valence-electron chi connectivity index (χ3n) is 3.17. The molecular weight excluding hydrogens is 359 g/mol. The third-order valence-corrected chi connectivity index (χ3v) is 4.11. The molecule has 0 aromatic heterocycles. The Bertz CT molecular complexity index is 472. The van der Waals surface area contributed by atoms with Crippen LogP contribution >= 0.6 is 22.6 Å². The fourth-order valence-electron chi connectivity index (χ4n) is 2.39. The quantitative estimate of drug-likeness (QED) is 0.706. The number of nitrogens with two attached hydrogens (primary N) is 1. The second-order valence-electron chi connectivity index (χ2n) is 6.34. The SMILES string of the molecule is CCCC(NC(C)(C)C)c1cc(C)ccc1/C(I)=C/N. The second-order valence-corrected chi connectivity index (χ2v) is 7.50. The Morgan fingerprint density at radius 3 is 2.55 bits per heavy atom. The van der Waals surface area contributed by atoms with E-state index in [4.69, 9.17) is 5.73 Å². The minimum Gasteiger partial charge on any atom is -0.404 e. The van der Waals surface area contributed by atoms with Crippen molar-refractivity contribution in [2.45, 2.75) is 59.0 Å². The van der Waals surface area contributed by atoms with Crippen LogP contribution in [0.2, 0.25) is 0 Å². The lowest BCUT2D eigenvalue weighted by molar-refractivity contribution is 0.348. The normalized spacial score (nSPS) is 14.4. The van der Waals surface area contributed by atoms with Gasteiger partial charge >= 0.3 is 0 Å². The topological polar surface area (TPSA) is 38.0 Å². The molecule has 0 fully saturated rings. The Morgan fingerprint density at radius 1 is 1.40 bits per heavy atom. The van der Waals surface area contributed by atoms with E-state index in [0.29, 0.717) is 6.04 Å². The first kappa shape index (κ1) is 17.5. The maximum absolute atomic E-state index is 5.72. The first-order valence-electron chi connectivity index (χ1n) is 7.24. The Hall–Kier alpha value is -0.550. The fraction of sp³-hybridized carbons (Fsp3) is 0.529. The van der Waals surface area contributed by atoms with Crippen LogP contribution in [0, 0.1) is 6.92 Å². The smallest absolute Gasteiger partial charge is 0.0360 e. The molecule has 0 aliphatic carbocycles. The van der Waals surface area contributed by atoms with Gasteiger partial charge in [-0.25, -0.2) is 0 Å². The van der Waals surface area contributed by atoms with E-state index in [0.717, 1.165) is 16.4 Å². The van der Waals surface area contributed by atoms with Gasteiger partial charge in [0.2, 0.25) is 0 Å². The van der Waals surface area contributed by atoms with Crippen LogP contribution in [0.1, 0.15) is 63.3 Å². The highest BCUT2D eigenvalue weighted by atomic mass is 127. The molecular formula is C17H27IN2. The summed E-state index contributed by atoms with van der Waals surface area (Å²) in [6.45, 7) is 11.0. The van der Waals surface area contributed by atoms with Crippen molar-refractivity contribution in [3.05, 3.63) is 41.1 Å². The molecule has 1 unspecified atom stereocenters. The van der Waals surface area contributed by atoms with Crippen LogP contribution in [0.25, 0.3) is 3.58 Å². The lowest BCUT2D eigenvalue weighted by Crippen LogP contribution is -2.39. The summed E-state index contributed by atoms with van der Waals surface area (Å²) in [5, 5.41) is 3.75. The summed E-state index contributed by atoms with van der Waals surface area (Å²) in [7, 11) is 0. The molecule has 1 aromatic rings. The highest BCUT2D eigenvalue weighted by molar-refractivity contribution is 14.1. The first-order chi connectivity index (χ1) is 9.28. The summed E-state index contributed by atoms with van der Waals surface area (Å²) in [4.78, 5) is 0. The first-order valence-corrected chi connectivity index (χ1v) is 8.32. The average molecular weight is 386 g/mol. The fourth-order valence-corrected chi connectivity index (χ4v) is 2.89. The summed E-state index contributed by atoms with van der Waals surface area (Å²) < 4.78 is 1.11. The predicted octanol–water partition coefficient (Wildman–Crippen LogP) is 4.92. The van der Waals surface area contributed by atoms with Gasteiger partial charge in [0, 0.05) is 21.4 Å². The number of hydrogen-bond donors (Lipinski definition) is 2. The van der Waals surface area contributed by atoms with Crippen LogP contribution in [0.15, 0.2) is 24.4 Å². The Labute approximate surface area is 137 Å². The maximum atomic E-state index is 5.72. The molecule has 1 aromatic carbocycles. The minimum atomic E-state index is 0.0960. The molecule has 3 N–H and O–H groups in total. The summed E-state index contributed by atoms with van der Waals surface area (Å²) in [5.74, 6) is 0. The molecule has 1 rings (SSSR count). The van der Waals surface area contributed by atoms with Crippen molar-refractivity contribution in [3.63, 3.8) is 0 Å². The summed E-state index contributed by atoms with van der Waals surface area (Å²) in [5.41, 5.74) is 9.71. The van der Waals surface area contributed by atoms with Crippen molar-refractivity contribution in [1.82, 2.24) is 5.32 Å². The van der Waals surface area contributed by atoms with E-state index in [2.05, 4.69) is 80.7 Å². The van der Waals surface area contributed by atoms with Gasteiger partial charge < -0.3 is 11.1 Å². The van der Waals surface area contributed by atoms with E-state index < -0.39 is 0 Å². The molecule has 2 nitrogen and oxygen atoms in total. The maximum Gasteiger partial charge on any atom is 0.0360 e. The molecule has 0 spiro atoms. The van der Waals surface area contributed by atoms with E-state index in [1.165, 1.54) is 16.7 Å². The summed E-state index contributed by atoms with van der Waals surface area (Å²) >= 11 is 2.32. The van der Waals surface area contributed by atoms with Crippen LogP contribution in [0.4, 0.5) is 0 Å². The van der Waals surface area contributed by atoms with Crippen molar-refractivity contribution in [2.24, 2.45) is 5.73 Å². The molecule has 0 saturated carbocycles. The van der Waals surface area contributed by atoms with Crippen molar-refractivity contribution in [3.8, 4) is 0 Å². The average Bonchev–Trinajstić information content (AvgIpc) is 2.35. The standard InChI is InChI=1S/C17H27IN2/c1-6-7-16(20-17(3,4)5)14-10-12(2)8-9-13(14)15(18)11-19/h8-11,16,20H,6-7,19H2,1-5H3/b15-11-. The zero-order valence-electron chi connectivity index (χ0n) is 13.3. The summed E-state index contributed by atoms with van der Waals surface area (Å²) in [6, 6.07) is 6.99. The molecule has 0 saturated heterocycles. The number of benzene rings is 1. The molecule has 20 heavy (non-hydrogen) atoms. The minimum absolute atomic E-state index is 0.0960. The van der Waals surface area contributed by atoms with Crippen molar-refractivity contribution in [1.29, 1.82) is 0 Å². The molecule has 0 heterocycles. The third kappa shape index (κ3) is 5.09. The summed E-state index contributed by atoms with van der Waals surface area (Å²) in [6.07, 6.45) is 3.97. The molecule has 0 amide bonds. The Morgan fingerprint density at radius 2 is 2.05 bits per heavy atom. The zero-order valence-corrected chi connectivity index (χ0v) is 15.4. The molecule has 0 bridgehead atoms. The van der Waals surface area contributed by atoms with Gasteiger partial charge in [-0.2, -0.15) is 0 Å². The van der Waals surface area contributed by atoms with Crippen LogP contribution < -0.4 is 11.1 Å². The van der Waals surface area contributed by atoms with Crippen LogP contribution in [-0.2, 0) is 0 Å². The van der Waals surface area contributed by atoms with Gasteiger partial charge in [0.25, 0.3) is 0 Å². The highest BCUT2D eigenvalue weighted by Crippen LogP contribution is 2.32. The van der Waals surface area contributed by atoms with E-state index >= 15 is 0 Å². The van der Waals surface area contributed by atoms with E-state index in [1.54, 1.807) is 6.20 Å². The number of aryl methyl sites for hydroxylation is 1. The van der Waals surface area contributed by atoms with Gasteiger partial charge in [0.15, 0.2) is 0 Å². The van der Waals surface area contributed by atoms with E-state index in [1.807, 2.05) is 0 Å². The van der Waals surface area contributed by atoms with E-state index in [9.17, 15) is 0 Å². The molecule has 3 heteroatoms. The van der Waals surface area contributed by atoms with Crippen LogP contribution in [-0.4, -0.2) is 5.54 Å². The van der Waals surface area contributed by atoms with Gasteiger partial charge in [-0.15, -0.1) is 0 Å². The monoisotopic (exact) mass is 386 g/mol. The predicted molar refractivity (Wildman–Crippen MR) is 97.9 cm³/mol. The van der Waals surface area contributed by atoms with E-state index in [-0.39, 0.29) is 5.54 Å². The molecule has 112 valence electrons. The number of halogens is 1. The zero-order chi connectivity index (χ0) is 15.3. The largest absolute Gasteiger partial charge is 0.404 e. The van der Waals surface area contributed by atoms with Gasteiger partial charge in [0.05, 0.1) is 0 Å². The lowest BCUT2D eigenvalue weighted by atomic mass is 9.93. The molecule has 0 aliphatic heterocycles. The Balaban J connectivity index is 3.27. The van der Waals surface area contributed by atoms with Gasteiger partial charge in [0.1, 0.15) is 0 Å². The van der Waals surface area contributed by atoms with Crippen molar-refractivity contribution in [2.75, 3.05) is 0 Å². The molecule has 1 atom stereocenters. The van der Waals surface area contributed by atoms with Gasteiger partial charge in [-0.3, -0.25) is 0 Å². The lowest BCUT2D eigenvalue weighted by Gasteiger charge is -2.30. The van der Waals surface area contributed by atoms with Crippen molar-refractivity contribution < 1.29 is 0 Å². The van der Waals surface area contributed by atoms with Gasteiger partial charge in [-0.1, -0.05) is 37.1 Å². The Kier molecular flexibility index (Phi) is 6.52. The number of hydrogen-bond acceptors (Lipinski definition) is 2. The number of nitrogens with one attached hydrogen (secondary N) is 1. The highest BCUT2D eigenvalue weighted by Gasteiger charge is 2.21.